The summed E-state index contributed by atoms with van der Waals surface area (Å²) >= 11 is -2.13. The molecular formula is C7H13O3S-. The molecule has 0 spiro atoms. The molecule has 0 aromatic rings. The molecule has 0 fully saturated rings. The smallest absolute Gasteiger partial charge is 0.119 e. The van der Waals surface area contributed by atoms with Gasteiger partial charge in [-0.05, 0) is 24.4 Å². The van der Waals surface area contributed by atoms with Crippen LogP contribution in [0, 0.1) is 0 Å². The Morgan fingerprint density at radius 3 is 2.64 bits per heavy atom. The van der Waals surface area contributed by atoms with Crippen LogP contribution in [0.4, 0.5) is 0 Å². The van der Waals surface area contributed by atoms with Gasteiger partial charge in [-0.1, -0.05) is 19.1 Å². The largest absolute Gasteiger partial charge is 0.770 e. The molecule has 0 aromatic carbocycles. The van der Waals surface area contributed by atoms with Gasteiger partial charge >= 0.3 is 0 Å². The van der Waals surface area contributed by atoms with Crippen molar-refractivity contribution in [2.75, 3.05) is 6.61 Å². The van der Waals surface area contributed by atoms with Crippen molar-refractivity contribution in [3.63, 3.8) is 0 Å². The summed E-state index contributed by atoms with van der Waals surface area (Å²) in [7, 11) is 0. The average molecular weight is 177 g/mol. The van der Waals surface area contributed by atoms with Gasteiger partial charge in [0.15, 0.2) is 0 Å². The Labute approximate surface area is 69.7 Å². The van der Waals surface area contributed by atoms with E-state index in [-0.39, 0.29) is 0 Å². The zero-order chi connectivity index (χ0) is 8.85. The Morgan fingerprint density at radius 1 is 1.82 bits per heavy atom. The van der Waals surface area contributed by atoms with Crippen molar-refractivity contribution in [1.29, 1.82) is 0 Å². The highest BCUT2D eigenvalue weighted by atomic mass is 32.2. The lowest BCUT2D eigenvalue weighted by molar-refractivity contribution is 0.121. The minimum absolute atomic E-state index is 0.312. The van der Waals surface area contributed by atoms with Crippen LogP contribution < -0.4 is 0 Å². The molecule has 2 atom stereocenters. The van der Waals surface area contributed by atoms with Crippen LogP contribution in [0.25, 0.3) is 0 Å². The highest BCUT2D eigenvalue weighted by Gasteiger charge is 2.05. The monoisotopic (exact) mass is 177 g/mol. The lowest BCUT2D eigenvalue weighted by Crippen LogP contribution is -2.18. The van der Waals surface area contributed by atoms with Gasteiger partial charge in [-0.15, -0.1) is 0 Å². The van der Waals surface area contributed by atoms with Gasteiger partial charge < -0.3 is 9.29 Å². The summed E-state index contributed by atoms with van der Waals surface area (Å²) in [5, 5.41) is 0. The zero-order valence-corrected chi connectivity index (χ0v) is 7.65. The molecule has 3 nitrogen and oxygen atoms in total. The molecule has 66 valence electrons. The van der Waals surface area contributed by atoms with Crippen LogP contribution in [0.1, 0.15) is 20.3 Å². The van der Waals surface area contributed by atoms with E-state index in [4.69, 9.17) is 4.74 Å². The third-order valence-electron chi connectivity index (χ3n) is 1.06. The summed E-state index contributed by atoms with van der Waals surface area (Å²) in [5.74, 6) is 0. The minimum Gasteiger partial charge on any atom is -0.770 e. The van der Waals surface area contributed by atoms with Gasteiger partial charge in [0.2, 0.25) is 0 Å². The Kier molecular flexibility index (Phi) is 5.36. The van der Waals surface area contributed by atoms with Gasteiger partial charge in [0, 0.05) is 0 Å². The van der Waals surface area contributed by atoms with Gasteiger partial charge in [-0.25, -0.2) is 0 Å². The van der Waals surface area contributed by atoms with Crippen LogP contribution in [0.3, 0.4) is 0 Å². The first-order chi connectivity index (χ1) is 5.07. The Balaban J connectivity index is 3.70. The molecule has 0 aliphatic rings. The van der Waals surface area contributed by atoms with E-state index in [2.05, 4.69) is 6.58 Å². The van der Waals surface area contributed by atoms with Gasteiger partial charge in [0.1, 0.15) is 5.44 Å². The maximum atomic E-state index is 10.4. The van der Waals surface area contributed by atoms with Crippen LogP contribution in [0.5, 0.6) is 0 Å². The molecule has 0 amide bonds. The first-order valence-electron chi connectivity index (χ1n) is 3.42. The number of hydrogen-bond acceptors (Lipinski definition) is 3. The third-order valence-corrected chi connectivity index (χ3v) is 1.96. The molecule has 0 rings (SSSR count). The molecule has 0 saturated heterocycles. The van der Waals surface area contributed by atoms with E-state index in [9.17, 15) is 8.76 Å². The molecule has 0 saturated carbocycles. The van der Waals surface area contributed by atoms with E-state index < -0.39 is 16.5 Å². The van der Waals surface area contributed by atoms with Gasteiger partial charge in [-0.3, -0.25) is 4.21 Å². The Morgan fingerprint density at radius 2 is 2.36 bits per heavy atom. The highest BCUT2D eigenvalue weighted by molar-refractivity contribution is 7.79. The molecule has 0 heterocycles. The van der Waals surface area contributed by atoms with Crippen LogP contribution in [0.2, 0.25) is 0 Å². The predicted molar refractivity (Wildman–Crippen MR) is 43.8 cm³/mol. The van der Waals surface area contributed by atoms with Crippen molar-refractivity contribution in [2.45, 2.75) is 25.7 Å². The quantitative estimate of drug-likeness (QED) is 0.468. The standard InChI is InChI=1S/C7H14O3S/c1-4-7(11(8)9)10-5-6(2)3/h7H,2,4-5H2,1,3H3,(H,8,9)/p-1. The fraction of sp³-hybridized carbons (Fsp3) is 0.714. The van der Waals surface area contributed by atoms with Crippen LogP contribution in [-0.2, 0) is 15.8 Å². The molecule has 0 aromatic heterocycles. The summed E-state index contributed by atoms with van der Waals surface area (Å²) in [5.41, 5.74) is 0.139. The van der Waals surface area contributed by atoms with Gasteiger partial charge in [-0.2, -0.15) is 0 Å². The van der Waals surface area contributed by atoms with E-state index in [0.29, 0.717) is 13.0 Å². The number of ether oxygens (including phenoxy) is 1. The maximum absolute atomic E-state index is 10.4. The topological polar surface area (TPSA) is 49.4 Å². The van der Waals surface area contributed by atoms with Crippen molar-refractivity contribution < 1.29 is 13.5 Å². The lowest BCUT2D eigenvalue weighted by atomic mass is 10.4. The van der Waals surface area contributed by atoms with Gasteiger partial charge in [0.25, 0.3) is 0 Å². The predicted octanol–water partition coefficient (Wildman–Crippen LogP) is 1.19. The Bertz CT molecular complexity index is 156. The number of rotatable bonds is 5. The van der Waals surface area contributed by atoms with Crippen LogP contribution in [0.15, 0.2) is 12.2 Å². The minimum atomic E-state index is -2.13. The van der Waals surface area contributed by atoms with Crippen molar-refractivity contribution in [3.05, 3.63) is 12.2 Å². The molecule has 0 aliphatic heterocycles. The molecule has 2 unspecified atom stereocenters. The normalized spacial score (nSPS) is 15.9. The van der Waals surface area contributed by atoms with Crippen molar-refractivity contribution in [1.82, 2.24) is 0 Å². The second-order valence-electron chi connectivity index (χ2n) is 2.37. The molecule has 0 bridgehead atoms. The van der Waals surface area contributed by atoms with Gasteiger partial charge in [0.05, 0.1) is 6.61 Å². The SMILES string of the molecule is C=C(C)COC(CC)S(=O)[O-]. The third kappa shape index (κ3) is 5.12. The van der Waals surface area contributed by atoms with Crippen molar-refractivity contribution >= 4 is 11.1 Å². The molecular weight excluding hydrogens is 164 g/mol. The second-order valence-corrected chi connectivity index (χ2v) is 3.41. The average Bonchev–Trinajstić information content (AvgIpc) is 1.87. The Hall–Kier alpha value is -0.190. The molecule has 0 aliphatic carbocycles. The highest BCUT2D eigenvalue weighted by Crippen LogP contribution is 2.03. The molecule has 0 N–H and O–H groups in total. The lowest BCUT2D eigenvalue weighted by Gasteiger charge is -2.18. The van der Waals surface area contributed by atoms with E-state index in [1.54, 1.807) is 13.8 Å². The van der Waals surface area contributed by atoms with E-state index >= 15 is 0 Å². The summed E-state index contributed by atoms with van der Waals surface area (Å²) in [6, 6.07) is 0. The van der Waals surface area contributed by atoms with Crippen molar-refractivity contribution in [3.8, 4) is 0 Å². The first-order valence-corrected chi connectivity index (χ1v) is 4.55. The second kappa shape index (κ2) is 5.46. The molecule has 4 heteroatoms. The summed E-state index contributed by atoms with van der Waals surface area (Å²) in [4.78, 5) is 0. The van der Waals surface area contributed by atoms with Crippen LogP contribution >= 0.6 is 0 Å². The maximum Gasteiger partial charge on any atom is 0.119 e. The summed E-state index contributed by atoms with van der Waals surface area (Å²) in [6.45, 7) is 7.46. The van der Waals surface area contributed by atoms with Crippen molar-refractivity contribution in [2.24, 2.45) is 0 Å². The molecule has 11 heavy (non-hydrogen) atoms. The van der Waals surface area contributed by atoms with E-state index in [0.717, 1.165) is 5.57 Å². The molecule has 0 radical (unpaired) electrons. The fourth-order valence-corrected chi connectivity index (χ4v) is 0.996. The zero-order valence-electron chi connectivity index (χ0n) is 6.83. The van der Waals surface area contributed by atoms with Crippen LogP contribution in [-0.4, -0.2) is 20.8 Å². The summed E-state index contributed by atoms with van der Waals surface area (Å²) < 4.78 is 25.8. The first kappa shape index (κ1) is 10.8. The summed E-state index contributed by atoms with van der Waals surface area (Å²) in [6.07, 6.45) is 0.476. The number of hydrogen-bond donors (Lipinski definition) is 0. The van der Waals surface area contributed by atoms with E-state index in [1.807, 2.05) is 0 Å². The van der Waals surface area contributed by atoms with E-state index in [1.165, 1.54) is 0 Å². The fourth-order valence-electron chi connectivity index (χ4n) is 0.545.